The predicted octanol–water partition coefficient (Wildman–Crippen LogP) is 1.63. The Hall–Kier alpha value is -2.41. The highest BCUT2D eigenvalue weighted by Crippen LogP contribution is 2.15. The number of nitrogens with zero attached hydrogens (tertiary/aromatic N) is 2. The quantitative estimate of drug-likeness (QED) is 0.892. The molecule has 1 aromatic carbocycles. The molecule has 24 heavy (non-hydrogen) atoms. The van der Waals surface area contributed by atoms with E-state index in [0.29, 0.717) is 16.7 Å². The van der Waals surface area contributed by atoms with Gasteiger partial charge in [-0.2, -0.15) is 0 Å². The summed E-state index contributed by atoms with van der Waals surface area (Å²) in [5.41, 5.74) is 0.426. The van der Waals surface area contributed by atoms with Crippen molar-refractivity contribution in [2.75, 3.05) is 13.7 Å². The first kappa shape index (κ1) is 16.4. The Bertz CT molecular complexity index is 783. The van der Waals surface area contributed by atoms with Crippen LogP contribution in [0.25, 0.3) is 10.9 Å². The Morgan fingerprint density at radius 3 is 3.04 bits per heavy atom. The molecule has 1 aromatic heterocycles. The van der Waals surface area contributed by atoms with Crippen molar-refractivity contribution in [2.24, 2.45) is 0 Å². The average molecular weight is 330 g/mol. The van der Waals surface area contributed by atoms with Crippen LogP contribution in [0.5, 0.6) is 0 Å². The number of para-hydroxylation sites is 1. The number of fused-ring (bicyclic) bond motifs is 1. The van der Waals surface area contributed by atoms with E-state index in [9.17, 15) is 9.59 Å². The van der Waals surface area contributed by atoms with Crippen LogP contribution in [0, 0.1) is 0 Å². The Morgan fingerprint density at radius 2 is 2.29 bits per heavy atom. The van der Waals surface area contributed by atoms with Crippen molar-refractivity contribution in [3.05, 3.63) is 40.4 Å². The molecule has 2 aromatic rings. The summed E-state index contributed by atoms with van der Waals surface area (Å²) in [5.74, 6) is 0.459. The summed E-state index contributed by atoms with van der Waals surface area (Å²) in [4.78, 5) is 33.0. The Balaban J connectivity index is 1.66. The van der Waals surface area contributed by atoms with Crippen molar-refractivity contribution in [3.8, 4) is 0 Å². The summed E-state index contributed by atoms with van der Waals surface area (Å²) >= 11 is 0. The van der Waals surface area contributed by atoms with Gasteiger partial charge in [-0.3, -0.25) is 4.79 Å². The molecular weight excluding hydrogens is 308 g/mol. The number of benzene rings is 1. The summed E-state index contributed by atoms with van der Waals surface area (Å²) in [6.07, 6.45) is 2.06. The van der Waals surface area contributed by atoms with Crippen molar-refractivity contribution in [3.63, 3.8) is 0 Å². The van der Waals surface area contributed by atoms with E-state index in [1.807, 2.05) is 13.0 Å². The molecule has 1 aliphatic rings. The number of ether oxygens (including phenoxy) is 1. The second-order valence-corrected chi connectivity index (χ2v) is 6.18. The monoisotopic (exact) mass is 330 g/mol. The average Bonchev–Trinajstić information content (AvgIpc) is 3.09. The van der Waals surface area contributed by atoms with Crippen molar-refractivity contribution in [2.45, 2.75) is 38.5 Å². The highest BCUT2D eigenvalue weighted by Gasteiger charge is 2.24. The molecule has 2 heterocycles. The van der Waals surface area contributed by atoms with Crippen LogP contribution in [0.15, 0.2) is 29.1 Å². The van der Waals surface area contributed by atoms with Gasteiger partial charge < -0.3 is 19.9 Å². The molecular formula is C17H22N4O3. The molecule has 0 aliphatic carbocycles. The zero-order valence-corrected chi connectivity index (χ0v) is 13.9. The number of hydrogen-bond donors (Lipinski definition) is 2. The molecule has 1 fully saturated rings. The fraction of sp³-hybridized carbons (Fsp3) is 0.471. The largest absolute Gasteiger partial charge is 0.376 e. The maximum absolute atomic E-state index is 12.3. The van der Waals surface area contributed by atoms with E-state index < -0.39 is 0 Å². The van der Waals surface area contributed by atoms with Crippen molar-refractivity contribution in [1.29, 1.82) is 0 Å². The first-order chi connectivity index (χ1) is 11.5. The Labute approximate surface area is 140 Å². The van der Waals surface area contributed by atoms with Gasteiger partial charge in [-0.05, 0) is 31.9 Å². The van der Waals surface area contributed by atoms with E-state index in [0.717, 1.165) is 19.4 Å². The van der Waals surface area contributed by atoms with Crippen molar-refractivity contribution in [1.82, 2.24) is 20.2 Å². The first-order valence-corrected chi connectivity index (χ1v) is 8.16. The molecule has 2 atom stereocenters. The minimum atomic E-state index is -0.214. The van der Waals surface area contributed by atoms with E-state index in [-0.39, 0.29) is 30.3 Å². The number of carbonyl (C=O) groups excluding carboxylic acids is 1. The number of rotatable bonds is 4. The lowest BCUT2D eigenvalue weighted by molar-refractivity contribution is 0.0837. The third-order valence-electron chi connectivity index (χ3n) is 4.27. The molecule has 0 radical (unpaired) electrons. The molecule has 1 saturated heterocycles. The standard InChI is InChI=1S/C17H22N4O3/c1-11(14-8-5-9-24-14)18-17(23)21(2)10-15-19-13-7-4-3-6-12(13)16(22)20-15/h3-4,6-7,11,14H,5,8-10H2,1-2H3,(H,18,23)(H,19,20,22). The second kappa shape index (κ2) is 7.00. The molecule has 7 nitrogen and oxygen atoms in total. The smallest absolute Gasteiger partial charge is 0.317 e. The van der Waals surface area contributed by atoms with Crippen molar-refractivity contribution >= 4 is 16.9 Å². The number of carbonyl (C=O) groups is 1. The van der Waals surface area contributed by atoms with Gasteiger partial charge in [0.2, 0.25) is 0 Å². The lowest BCUT2D eigenvalue weighted by atomic mass is 10.1. The third kappa shape index (κ3) is 3.56. The molecule has 0 bridgehead atoms. The molecule has 3 rings (SSSR count). The fourth-order valence-electron chi connectivity index (χ4n) is 2.90. The predicted molar refractivity (Wildman–Crippen MR) is 90.8 cm³/mol. The number of H-pyrrole nitrogens is 1. The summed E-state index contributed by atoms with van der Waals surface area (Å²) in [6.45, 7) is 2.92. The zero-order chi connectivity index (χ0) is 17.1. The highest BCUT2D eigenvalue weighted by molar-refractivity contribution is 5.77. The van der Waals surface area contributed by atoms with E-state index in [2.05, 4.69) is 15.3 Å². The summed E-state index contributed by atoms with van der Waals surface area (Å²) < 4.78 is 5.58. The van der Waals surface area contributed by atoms with Gasteiger partial charge in [0.15, 0.2) is 0 Å². The van der Waals surface area contributed by atoms with Gasteiger partial charge >= 0.3 is 6.03 Å². The number of amides is 2. The van der Waals surface area contributed by atoms with E-state index in [1.54, 1.807) is 25.2 Å². The van der Waals surface area contributed by atoms with Gasteiger partial charge in [-0.25, -0.2) is 9.78 Å². The van der Waals surface area contributed by atoms with Crippen LogP contribution in [-0.2, 0) is 11.3 Å². The topological polar surface area (TPSA) is 87.3 Å². The molecule has 128 valence electrons. The SMILES string of the molecule is CC(NC(=O)N(C)Cc1nc2ccccc2c(=O)[nH]1)C1CCCO1. The van der Waals surface area contributed by atoms with Crippen LogP contribution in [0.3, 0.4) is 0 Å². The molecule has 2 amide bonds. The summed E-state index contributed by atoms with van der Waals surface area (Å²) in [5, 5.41) is 3.48. The number of aromatic amines is 1. The number of hydrogen-bond acceptors (Lipinski definition) is 4. The maximum atomic E-state index is 12.3. The fourth-order valence-corrected chi connectivity index (χ4v) is 2.90. The Kier molecular flexibility index (Phi) is 4.80. The molecule has 2 unspecified atom stereocenters. The Morgan fingerprint density at radius 1 is 1.50 bits per heavy atom. The van der Waals surface area contributed by atoms with E-state index in [4.69, 9.17) is 4.74 Å². The molecule has 1 aliphatic heterocycles. The van der Waals surface area contributed by atoms with Crippen LogP contribution >= 0.6 is 0 Å². The minimum absolute atomic E-state index is 0.0499. The van der Waals surface area contributed by atoms with Gasteiger partial charge in [0.25, 0.3) is 5.56 Å². The van der Waals surface area contributed by atoms with Crippen LogP contribution in [-0.4, -0.2) is 46.7 Å². The van der Waals surface area contributed by atoms with Crippen molar-refractivity contribution < 1.29 is 9.53 Å². The van der Waals surface area contributed by atoms with Gasteiger partial charge in [0.1, 0.15) is 5.82 Å². The molecule has 7 heteroatoms. The molecule has 0 spiro atoms. The van der Waals surface area contributed by atoms with Crippen LogP contribution in [0.4, 0.5) is 4.79 Å². The van der Waals surface area contributed by atoms with Gasteiger partial charge in [0.05, 0.1) is 29.6 Å². The third-order valence-corrected chi connectivity index (χ3v) is 4.27. The molecule has 0 saturated carbocycles. The number of aromatic nitrogens is 2. The van der Waals surface area contributed by atoms with Gasteiger partial charge in [-0.15, -0.1) is 0 Å². The number of nitrogens with one attached hydrogen (secondary N) is 2. The summed E-state index contributed by atoms with van der Waals surface area (Å²) in [6, 6.07) is 6.88. The van der Waals surface area contributed by atoms with Crippen LogP contribution in [0.2, 0.25) is 0 Å². The van der Waals surface area contributed by atoms with Crippen LogP contribution in [0.1, 0.15) is 25.6 Å². The highest BCUT2D eigenvalue weighted by atomic mass is 16.5. The summed E-state index contributed by atoms with van der Waals surface area (Å²) in [7, 11) is 1.67. The first-order valence-electron chi connectivity index (χ1n) is 8.16. The lowest BCUT2D eigenvalue weighted by Crippen LogP contribution is -2.46. The second-order valence-electron chi connectivity index (χ2n) is 6.18. The van der Waals surface area contributed by atoms with E-state index >= 15 is 0 Å². The normalized spacial score (nSPS) is 18.5. The molecule has 2 N–H and O–H groups in total. The van der Waals surface area contributed by atoms with Gasteiger partial charge in [-0.1, -0.05) is 12.1 Å². The zero-order valence-electron chi connectivity index (χ0n) is 13.9. The van der Waals surface area contributed by atoms with Crippen LogP contribution < -0.4 is 10.9 Å². The van der Waals surface area contributed by atoms with E-state index in [1.165, 1.54) is 4.90 Å². The lowest BCUT2D eigenvalue weighted by Gasteiger charge is -2.24. The number of urea groups is 1. The van der Waals surface area contributed by atoms with Gasteiger partial charge in [0, 0.05) is 13.7 Å². The minimum Gasteiger partial charge on any atom is -0.376 e. The maximum Gasteiger partial charge on any atom is 0.317 e.